The predicted molar refractivity (Wildman–Crippen MR) is 364 cm³/mol. The van der Waals surface area contributed by atoms with Crippen molar-refractivity contribution >= 4 is 263 Å². The number of hydrogen-bond donors (Lipinski definition) is 0. The molecule has 0 bridgehead atoms. The molecule has 0 aromatic heterocycles. The van der Waals surface area contributed by atoms with Gasteiger partial charge in [-0.25, -0.2) is 0 Å². The van der Waals surface area contributed by atoms with Crippen LogP contribution in [0, 0.1) is 6.07 Å². The van der Waals surface area contributed by atoms with Crippen molar-refractivity contribution in [1.82, 2.24) is 0 Å². The van der Waals surface area contributed by atoms with Gasteiger partial charge in [0.05, 0.1) is 29.2 Å². The van der Waals surface area contributed by atoms with E-state index in [0.29, 0.717) is 0 Å². The van der Waals surface area contributed by atoms with Crippen LogP contribution in [-0.2, 0) is 28.8 Å². The van der Waals surface area contributed by atoms with Crippen LogP contribution in [0.1, 0.15) is 71.9 Å². The smallest absolute Gasteiger partial charge is 1.00 e. The minimum Gasteiger partial charge on any atom is -1.00 e. The van der Waals surface area contributed by atoms with E-state index in [1.54, 1.807) is 72.9 Å². The monoisotopic (exact) mass is 1340 g/mol. The van der Waals surface area contributed by atoms with E-state index < -0.39 is 97.3 Å². The van der Waals surface area contributed by atoms with E-state index in [1.807, 2.05) is 30.3 Å². The molecular weight excluding hydrogens is 1310 g/mol. The van der Waals surface area contributed by atoms with E-state index in [0.717, 1.165) is 0 Å². The van der Waals surface area contributed by atoms with Gasteiger partial charge < -0.3 is 17.0 Å². The number of carbonyl (C=O) groups excluding carboxylic acids is 6. The summed E-state index contributed by atoms with van der Waals surface area (Å²) in [5.74, 6) is -5.40. The molecule has 0 saturated heterocycles. The molecule has 6 aliphatic rings. The molecule has 0 saturated carbocycles. The number of thiocarbonyl (C=S) groups is 12. The van der Waals surface area contributed by atoms with Crippen molar-refractivity contribution in [3.8, 4) is 0 Å². The van der Waals surface area contributed by atoms with Gasteiger partial charge in [-0.05, 0) is 0 Å². The summed E-state index contributed by atoms with van der Waals surface area (Å²) >= 11 is 71.4. The topological polar surface area (TPSA) is 102 Å². The van der Waals surface area contributed by atoms with E-state index >= 15 is 28.8 Å². The van der Waals surface area contributed by atoms with E-state index in [4.69, 9.17) is 147 Å². The number of benzene rings is 2. The van der Waals surface area contributed by atoms with Crippen LogP contribution in [0.4, 0.5) is 0 Å². The number of ketones is 6. The molecule has 0 fully saturated rings. The molecule has 6 nitrogen and oxygen atoms in total. The number of hydrogen-bond acceptors (Lipinski definition) is 18. The third kappa shape index (κ3) is 14.5. The summed E-state index contributed by atoms with van der Waals surface area (Å²) in [4.78, 5) is 88.7. The van der Waals surface area contributed by atoms with Crippen molar-refractivity contribution in [2.24, 2.45) is 0 Å². The van der Waals surface area contributed by atoms with Crippen LogP contribution >= 0.6 is 147 Å². The second kappa shape index (κ2) is 30.3. The fraction of sp³-hybridized carbons (Fsp3) is 0.100. The number of carbonyl (C=O) groups is 6. The normalized spacial score (nSPS) is 15.9. The zero-order valence-electron chi connectivity index (χ0n) is 41.5. The molecule has 2 aromatic carbocycles. The summed E-state index contributed by atoms with van der Waals surface area (Å²) in [7, 11) is 0. The van der Waals surface area contributed by atoms with Gasteiger partial charge in [0.1, 0.15) is 0 Å². The summed E-state index contributed by atoms with van der Waals surface area (Å²) < 4.78 is 0. The number of allylic oxidation sites excluding steroid dienone is 24. The van der Waals surface area contributed by atoms with Crippen LogP contribution < -0.4 is 17.0 Å². The van der Waals surface area contributed by atoms with Crippen LogP contribution in [-0.4, -0.2) is 116 Å². The molecule has 6 aliphatic carbocycles. The van der Waals surface area contributed by atoms with Gasteiger partial charge in [0.15, 0.2) is 0 Å². The first kappa shape index (κ1) is 66.5. The van der Waals surface area contributed by atoms with Crippen LogP contribution in [0.15, 0.2) is 173 Å². The average molecular weight is 1340 g/mol. The molecule has 392 valence electrons. The maximum atomic E-state index is 15.2. The number of rotatable bonds is 18. The zero-order chi connectivity index (χ0) is 56.5. The third-order valence-corrected chi connectivity index (χ3v) is 16.8. The molecule has 0 heterocycles. The fourth-order valence-corrected chi connectivity index (χ4v) is 11.8. The minimum absolute atomic E-state index is 0. The van der Waals surface area contributed by atoms with Gasteiger partial charge in [-0.3, -0.25) is 28.8 Å². The molecule has 80 heavy (non-hydrogen) atoms. The second-order valence-corrected chi connectivity index (χ2v) is 22.5. The van der Waals surface area contributed by atoms with E-state index in [9.17, 15) is 0 Å². The molecule has 0 radical (unpaired) electrons. The molecule has 0 atom stereocenters. The van der Waals surface area contributed by atoms with E-state index in [2.05, 4.69) is 6.07 Å². The van der Waals surface area contributed by atoms with Gasteiger partial charge in [0.2, 0.25) is 34.7 Å². The Morgan fingerprint density at radius 3 is 0.575 bits per heavy atom. The summed E-state index contributed by atoms with van der Waals surface area (Å²) in [5, 5.41) is 0. The Bertz CT molecular complexity index is 3110. The Morgan fingerprint density at radius 1 is 0.300 bits per heavy atom. The van der Waals surface area contributed by atoms with Gasteiger partial charge >= 0.3 is 23.1 Å². The van der Waals surface area contributed by atoms with Gasteiger partial charge in [0, 0.05) is 135 Å². The van der Waals surface area contributed by atoms with Crippen LogP contribution in [0.2, 0.25) is 0 Å². The number of halogens is 1. The van der Waals surface area contributed by atoms with Crippen molar-refractivity contribution < 1.29 is 45.7 Å². The molecule has 0 unspecified atom stereocenters. The maximum absolute atomic E-state index is 15.2. The first-order valence-corrected chi connectivity index (χ1v) is 28.3. The molecular formula is C60H35BrMgO6S12. The molecule has 0 N–H and O–H groups in total. The first-order chi connectivity index (χ1) is 37.3. The van der Waals surface area contributed by atoms with Gasteiger partial charge in [-0.1, -0.05) is 256 Å². The van der Waals surface area contributed by atoms with Crippen molar-refractivity contribution in [3.05, 3.63) is 213 Å². The summed E-state index contributed by atoms with van der Waals surface area (Å²) in [6.45, 7) is 0. The summed E-state index contributed by atoms with van der Waals surface area (Å²) in [5.41, 5.74) is -3.29. The largest absolute Gasteiger partial charge is 2.00 e. The molecule has 0 amide bonds. The summed E-state index contributed by atoms with van der Waals surface area (Å²) in [6, 6.07) is 12.5. The fourth-order valence-electron chi connectivity index (χ4n) is 8.34. The number of Topliss-reactive ketones (excluding diaryl/α,β-unsaturated/α-hetero) is 6. The first-order valence-electron chi connectivity index (χ1n) is 23.4. The molecule has 20 heteroatoms. The molecule has 2 aromatic rings. The second-order valence-electron chi connectivity index (χ2n) is 17.1. The van der Waals surface area contributed by atoms with Crippen molar-refractivity contribution in [1.29, 1.82) is 0 Å². The van der Waals surface area contributed by atoms with Crippen LogP contribution in [0.5, 0.6) is 0 Å². The van der Waals surface area contributed by atoms with E-state index in [1.165, 1.54) is 36.5 Å². The van der Waals surface area contributed by atoms with Crippen LogP contribution in [0.3, 0.4) is 0 Å². The van der Waals surface area contributed by atoms with Gasteiger partial charge in [0.25, 0.3) is 0 Å². The standard InChI is InChI=1S/C54H30O6S12.C6H5.BrH.Mg/c55-43(25-13-1-7-19-31(25)61)49(67)37-38(50(68)44(56)26-14-2-8-20-32(26)62)40(52(70)46(58)28-16-4-10-22-34(28)64)42(54(72)48(60)30-18-6-12-24-36(30)66)41(53(71)47(59)29-17-5-11-23-35(29)65)39(37)51(69)45(57)27-15-3-9-21-33(27)63;1-2-4-6-5-3-1;;/h1-18H,19-24H2;1-5H;1H;/q;-1;;+2/p-1. The minimum atomic E-state index is -0.900. The predicted octanol–water partition coefficient (Wildman–Crippen LogP) is 9.06. The maximum Gasteiger partial charge on any atom is 2.00 e. The zero-order valence-corrected chi connectivity index (χ0v) is 54.3. The third-order valence-electron chi connectivity index (χ3n) is 12.2. The Balaban J connectivity index is 0.00000138. The van der Waals surface area contributed by atoms with Gasteiger partial charge in [-0.15, -0.1) is 0 Å². The van der Waals surface area contributed by atoms with Crippen LogP contribution in [0.25, 0.3) is 0 Å². The SMILES string of the molecule is O=C(C(=S)c1c(C(=S)C(=O)C2=CC=CCC2=S)c(C(=S)C(=O)C2=CC=CCC2=S)c(C(=S)C(=O)C2=CC=CCC2=S)c(C(=S)C(=O)C2=CC=CCC2=S)c1C(=S)C(=O)C1=CC=CCC1=S)C1=CC=CCC1=S.[Br-].[Mg+2].[c-]1ccccc1. The van der Waals surface area contributed by atoms with Crippen molar-refractivity contribution in [2.75, 3.05) is 0 Å². The Kier molecular flexibility index (Phi) is 25.2. The van der Waals surface area contributed by atoms with Gasteiger partial charge in [-0.2, -0.15) is 36.4 Å². The average Bonchev–Trinajstić information content (AvgIpc) is 3.63. The van der Waals surface area contributed by atoms with E-state index in [-0.39, 0.29) is 141 Å². The van der Waals surface area contributed by atoms with Crippen molar-refractivity contribution in [2.45, 2.75) is 38.5 Å². The van der Waals surface area contributed by atoms with Crippen molar-refractivity contribution in [3.63, 3.8) is 0 Å². The molecule has 0 spiro atoms. The Labute approximate surface area is 553 Å². The quantitative estimate of drug-likeness (QED) is 0.0614. The summed E-state index contributed by atoms with van der Waals surface area (Å²) in [6.07, 6.45) is 29.6. The molecule has 8 rings (SSSR count). The Morgan fingerprint density at radius 2 is 0.463 bits per heavy atom. The Hall–Kier alpha value is -4.33. The molecule has 0 aliphatic heterocycles.